The molecule has 1 atom stereocenters. The quantitative estimate of drug-likeness (QED) is 0.124. The molecule has 0 fully saturated rings. The van der Waals surface area contributed by atoms with E-state index in [9.17, 15) is 0 Å². The third-order valence-corrected chi connectivity index (χ3v) is 12.7. The second-order valence-electron chi connectivity index (χ2n) is 9.31. The van der Waals surface area contributed by atoms with Gasteiger partial charge in [0, 0.05) is 0 Å². The summed E-state index contributed by atoms with van der Waals surface area (Å²) in [4.78, 5) is 0. The number of rotatable bonds is 14. The van der Waals surface area contributed by atoms with Gasteiger partial charge in [-0.3, -0.25) is 0 Å². The van der Waals surface area contributed by atoms with Gasteiger partial charge in [0.15, 0.2) is 0 Å². The molecule has 4 aromatic rings. The van der Waals surface area contributed by atoms with Gasteiger partial charge in [-0.15, -0.1) is 0 Å². The topological polar surface area (TPSA) is 0 Å². The highest BCUT2D eigenvalue weighted by Gasteiger charge is 2.44. The lowest BCUT2D eigenvalue weighted by molar-refractivity contribution is 0.604. The van der Waals surface area contributed by atoms with Crippen LogP contribution in [-0.4, -0.2) is 12.3 Å². The minimum absolute atomic E-state index is 0.972. The molecule has 0 heterocycles. The number of unbranched alkanes of at least 4 members (excludes halogenated alkanes) is 6. The second-order valence-corrected chi connectivity index (χ2v) is 14.4. The number of hydrogen-bond acceptors (Lipinski definition) is 0. The molecule has 0 aliphatic carbocycles. The molecule has 0 amide bonds. The Hall–Kier alpha value is -2.26. The highest BCUT2D eigenvalue weighted by Crippen LogP contribution is 2.56. The average molecular weight is 498 g/mol. The van der Waals surface area contributed by atoms with Crippen LogP contribution >= 0.6 is 15.8 Å². The molecular formula is C33H39P2+. The fourth-order valence-electron chi connectivity index (χ4n) is 5.03. The van der Waals surface area contributed by atoms with Crippen molar-refractivity contribution in [3.63, 3.8) is 0 Å². The predicted octanol–water partition coefficient (Wildman–Crippen LogP) is 7.72. The molecule has 180 valence electrons. The molecule has 0 spiro atoms. The smallest absolute Gasteiger partial charge is 0.0904 e. The summed E-state index contributed by atoms with van der Waals surface area (Å²) in [6.07, 6.45) is 12.1. The third kappa shape index (κ3) is 7.36. The van der Waals surface area contributed by atoms with E-state index in [1.807, 2.05) is 0 Å². The van der Waals surface area contributed by atoms with Gasteiger partial charge in [0.05, 0.1) is 6.16 Å². The first-order valence-corrected chi connectivity index (χ1v) is 16.4. The van der Waals surface area contributed by atoms with Crippen LogP contribution in [0.5, 0.6) is 0 Å². The molecule has 4 aromatic carbocycles. The van der Waals surface area contributed by atoms with E-state index in [0.717, 1.165) is 8.58 Å². The zero-order valence-corrected chi connectivity index (χ0v) is 22.8. The summed E-state index contributed by atoms with van der Waals surface area (Å²) in [5.74, 6) is 0. The number of benzene rings is 4. The van der Waals surface area contributed by atoms with E-state index >= 15 is 0 Å². The lowest BCUT2D eigenvalue weighted by Crippen LogP contribution is -2.33. The van der Waals surface area contributed by atoms with Crippen LogP contribution in [-0.2, 0) is 0 Å². The molecule has 0 saturated heterocycles. The molecule has 2 heteroatoms. The Morgan fingerprint density at radius 1 is 0.400 bits per heavy atom. The van der Waals surface area contributed by atoms with Crippen LogP contribution < -0.4 is 21.2 Å². The van der Waals surface area contributed by atoms with Gasteiger partial charge >= 0.3 is 0 Å². The van der Waals surface area contributed by atoms with Gasteiger partial charge in [0.1, 0.15) is 23.2 Å². The average Bonchev–Trinajstić information content (AvgIpc) is 2.94. The maximum Gasteiger partial charge on any atom is 0.112 e. The maximum absolute atomic E-state index is 2.36. The summed E-state index contributed by atoms with van der Waals surface area (Å²) in [5, 5.41) is 6.04. The van der Waals surface area contributed by atoms with Crippen LogP contribution in [0.4, 0.5) is 0 Å². The molecule has 4 rings (SSSR count). The first-order chi connectivity index (χ1) is 17.4. The highest BCUT2D eigenvalue weighted by atomic mass is 31.2. The summed E-state index contributed by atoms with van der Waals surface area (Å²) in [5.41, 5.74) is 0. The highest BCUT2D eigenvalue weighted by molar-refractivity contribution is 7.95. The van der Waals surface area contributed by atoms with E-state index in [4.69, 9.17) is 0 Å². The molecule has 0 nitrogen and oxygen atoms in total. The molecule has 0 aliphatic rings. The van der Waals surface area contributed by atoms with Gasteiger partial charge in [-0.05, 0) is 67.1 Å². The van der Waals surface area contributed by atoms with Crippen molar-refractivity contribution in [3.05, 3.63) is 121 Å². The van der Waals surface area contributed by atoms with Crippen molar-refractivity contribution >= 4 is 37.1 Å². The number of hydrogen-bond donors (Lipinski definition) is 0. The van der Waals surface area contributed by atoms with Crippen LogP contribution in [0, 0.1) is 0 Å². The Labute approximate surface area is 215 Å². The first kappa shape index (κ1) is 25.8. The lowest BCUT2D eigenvalue weighted by atomic mass is 10.1. The molecule has 0 N–H and O–H groups in total. The molecule has 0 radical (unpaired) electrons. The Morgan fingerprint density at radius 2 is 0.771 bits per heavy atom. The third-order valence-electron chi connectivity index (χ3n) is 6.86. The van der Waals surface area contributed by atoms with E-state index in [-0.39, 0.29) is 0 Å². The van der Waals surface area contributed by atoms with Gasteiger partial charge in [0.25, 0.3) is 0 Å². The maximum atomic E-state index is 2.36. The second kappa shape index (κ2) is 14.3. The van der Waals surface area contributed by atoms with E-state index in [1.54, 1.807) is 0 Å². The summed E-state index contributed by atoms with van der Waals surface area (Å²) in [6, 6.07) is 44.9. The van der Waals surface area contributed by atoms with Gasteiger partial charge in [0.2, 0.25) is 0 Å². The first-order valence-electron chi connectivity index (χ1n) is 13.2. The Balaban J connectivity index is 1.31. The van der Waals surface area contributed by atoms with Crippen molar-refractivity contribution in [1.82, 2.24) is 0 Å². The van der Waals surface area contributed by atoms with Crippen molar-refractivity contribution in [3.8, 4) is 0 Å². The van der Waals surface area contributed by atoms with Crippen LogP contribution in [0.3, 0.4) is 0 Å². The lowest BCUT2D eigenvalue weighted by Gasteiger charge is -2.27. The SMILES string of the molecule is c1ccc(PCCCCCCCCC[P+](c2ccccc2)(c2ccccc2)c2ccccc2)cc1. The van der Waals surface area contributed by atoms with Gasteiger partial charge in [-0.1, -0.05) is 119 Å². The van der Waals surface area contributed by atoms with Gasteiger partial charge in [-0.2, -0.15) is 0 Å². The van der Waals surface area contributed by atoms with Crippen LogP contribution in [0.1, 0.15) is 44.9 Å². The zero-order valence-electron chi connectivity index (χ0n) is 20.9. The van der Waals surface area contributed by atoms with Crippen molar-refractivity contribution in [2.45, 2.75) is 44.9 Å². The van der Waals surface area contributed by atoms with E-state index in [1.165, 1.54) is 78.5 Å². The van der Waals surface area contributed by atoms with E-state index in [2.05, 4.69) is 121 Å². The summed E-state index contributed by atoms with van der Waals surface area (Å²) < 4.78 is 0. The van der Waals surface area contributed by atoms with E-state index < -0.39 is 7.26 Å². The zero-order chi connectivity index (χ0) is 24.0. The summed E-state index contributed by atoms with van der Waals surface area (Å²) in [6.45, 7) is 0. The van der Waals surface area contributed by atoms with Gasteiger partial charge < -0.3 is 0 Å². The minimum atomic E-state index is -1.65. The van der Waals surface area contributed by atoms with Gasteiger partial charge in [-0.25, -0.2) is 0 Å². The van der Waals surface area contributed by atoms with Crippen molar-refractivity contribution < 1.29 is 0 Å². The van der Waals surface area contributed by atoms with Crippen molar-refractivity contribution in [2.75, 3.05) is 12.3 Å². The van der Waals surface area contributed by atoms with Crippen LogP contribution in [0.25, 0.3) is 0 Å². The van der Waals surface area contributed by atoms with Crippen LogP contribution in [0.2, 0.25) is 0 Å². The van der Waals surface area contributed by atoms with E-state index in [0.29, 0.717) is 0 Å². The molecular weight excluding hydrogens is 458 g/mol. The monoisotopic (exact) mass is 497 g/mol. The molecule has 0 aromatic heterocycles. The summed E-state index contributed by atoms with van der Waals surface area (Å²) in [7, 11) is -0.680. The molecule has 1 unspecified atom stereocenters. The minimum Gasteiger partial charge on any atom is -0.0904 e. The molecule has 35 heavy (non-hydrogen) atoms. The Bertz CT molecular complexity index is 982. The molecule has 0 aliphatic heterocycles. The Morgan fingerprint density at radius 3 is 1.23 bits per heavy atom. The largest absolute Gasteiger partial charge is 0.112 e. The Kier molecular flexibility index (Phi) is 10.6. The van der Waals surface area contributed by atoms with Crippen molar-refractivity contribution in [1.29, 1.82) is 0 Å². The standard InChI is InChI=1S/C33H39P2/c1(2-4-18-28-34-30-20-10-6-11-21-30)3-5-19-29-35(31-22-12-7-13-23-31,32-24-14-8-15-25-32)33-26-16-9-17-27-33/h6-17,20-27,34H,1-5,18-19,28-29H2/q+1. The van der Waals surface area contributed by atoms with Crippen LogP contribution in [0.15, 0.2) is 121 Å². The predicted molar refractivity (Wildman–Crippen MR) is 162 cm³/mol. The summed E-state index contributed by atoms with van der Waals surface area (Å²) >= 11 is 0. The fraction of sp³-hybridized carbons (Fsp3) is 0.273. The normalized spacial score (nSPS) is 11.8. The van der Waals surface area contributed by atoms with Crippen molar-refractivity contribution in [2.24, 2.45) is 0 Å². The fourth-order valence-corrected chi connectivity index (χ4v) is 10.6. The molecule has 0 saturated carbocycles. The molecule has 0 bridgehead atoms.